The molecule has 32 heavy (non-hydrogen) atoms. The van der Waals surface area contributed by atoms with Crippen LogP contribution in [0, 0.1) is 0 Å². The lowest BCUT2D eigenvalue weighted by atomic mass is 10.0. The summed E-state index contributed by atoms with van der Waals surface area (Å²) in [5, 5.41) is 1.63. The van der Waals surface area contributed by atoms with Crippen molar-refractivity contribution in [2.75, 3.05) is 0 Å². The SMILES string of the molecule is C=CCC(c1ccccc1)N(Cc1ccccc1)OC(=O)[C@H](OC(C)=O)c1ccccc1. The van der Waals surface area contributed by atoms with Gasteiger partial charge in [0.1, 0.15) is 0 Å². The summed E-state index contributed by atoms with van der Waals surface area (Å²) in [7, 11) is 0. The first kappa shape index (κ1) is 23.0. The minimum atomic E-state index is -1.16. The zero-order chi connectivity index (χ0) is 22.8. The van der Waals surface area contributed by atoms with Gasteiger partial charge in [0.2, 0.25) is 6.10 Å². The fourth-order valence-electron chi connectivity index (χ4n) is 3.43. The normalized spacial score (nSPS) is 12.6. The van der Waals surface area contributed by atoms with Crippen molar-refractivity contribution >= 4 is 11.9 Å². The van der Waals surface area contributed by atoms with Crippen molar-refractivity contribution in [1.29, 1.82) is 0 Å². The lowest BCUT2D eigenvalue weighted by Crippen LogP contribution is -2.34. The van der Waals surface area contributed by atoms with Gasteiger partial charge in [-0.15, -0.1) is 11.6 Å². The first-order valence-corrected chi connectivity index (χ1v) is 10.5. The summed E-state index contributed by atoms with van der Waals surface area (Å²) < 4.78 is 5.33. The van der Waals surface area contributed by atoms with Gasteiger partial charge in [-0.25, -0.2) is 4.79 Å². The average molecular weight is 430 g/mol. The van der Waals surface area contributed by atoms with E-state index in [0.717, 1.165) is 11.1 Å². The number of ether oxygens (including phenoxy) is 1. The maximum absolute atomic E-state index is 13.3. The Labute approximate surface area is 188 Å². The molecule has 0 aliphatic carbocycles. The summed E-state index contributed by atoms with van der Waals surface area (Å²) >= 11 is 0. The Bertz CT molecular complexity index is 1010. The molecule has 3 aromatic rings. The molecule has 0 fully saturated rings. The van der Waals surface area contributed by atoms with Gasteiger partial charge in [0.25, 0.3) is 0 Å². The molecule has 0 spiro atoms. The van der Waals surface area contributed by atoms with Gasteiger partial charge < -0.3 is 9.57 Å². The van der Waals surface area contributed by atoms with Gasteiger partial charge in [-0.1, -0.05) is 97.1 Å². The van der Waals surface area contributed by atoms with E-state index in [1.807, 2.05) is 66.7 Å². The topological polar surface area (TPSA) is 55.8 Å². The molecule has 0 saturated heterocycles. The highest BCUT2D eigenvalue weighted by molar-refractivity contribution is 5.80. The van der Waals surface area contributed by atoms with E-state index in [4.69, 9.17) is 9.57 Å². The van der Waals surface area contributed by atoms with Crippen LogP contribution in [0.15, 0.2) is 104 Å². The van der Waals surface area contributed by atoms with Crippen LogP contribution in [0.2, 0.25) is 0 Å². The molecule has 0 heterocycles. The van der Waals surface area contributed by atoms with Gasteiger partial charge in [0.15, 0.2) is 0 Å². The molecule has 0 aliphatic heterocycles. The Balaban J connectivity index is 1.93. The molecule has 5 heteroatoms. The quantitative estimate of drug-likeness (QED) is 0.240. The lowest BCUT2D eigenvalue weighted by Gasteiger charge is -2.31. The Morgan fingerprint density at radius 1 is 0.875 bits per heavy atom. The first-order valence-electron chi connectivity index (χ1n) is 10.5. The average Bonchev–Trinajstić information content (AvgIpc) is 2.82. The number of hydrogen-bond acceptors (Lipinski definition) is 5. The Morgan fingerprint density at radius 2 is 1.41 bits per heavy atom. The largest absolute Gasteiger partial charge is 0.445 e. The molecule has 0 radical (unpaired) electrons. The fraction of sp³-hybridized carbons (Fsp3) is 0.185. The van der Waals surface area contributed by atoms with Crippen LogP contribution in [-0.4, -0.2) is 17.0 Å². The molecule has 0 aliphatic rings. The van der Waals surface area contributed by atoms with Crippen LogP contribution < -0.4 is 0 Å². The second kappa shape index (κ2) is 11.6. The van der Waals surface area contributed by atoms with Crippen molar-refractivity contribution in [3.63, 3.8) is 0 Å². The van der Waals surface area contributed by atoms with Crippen molar-refractivity contribution in [3.8, 4) is 0 Å². The number of benzene rings is 3. The highest BCUT2D eigenvalue weighted by Gasteiger charge is 2.31. The van der Waals surface area contributed by atoms with Gasteiger partial charge in [-0.2, -0.15) is 0 Å². The minimum Gasteiger partial charge on any atom is -0.445 e. The number of carbonyl (C=O) groups excluding carboxylic acids is 2. The molecular weight excluding hydrogens is 402 g/mol. The van der Waals surface area contributed by atoms with Crippen molar-refractivity contribution in [3.05, 3.63) is 120 Å². The summed E-state index contributed by atoms with van der Waals surface area (Å²) in [5.74, 6) is -1.22. The van der Waals surface area contributed by atoms with E-state index in [1.165, 1.54) is 6.92 Å². The highest BCUT2D eigenvalue weighted by atomic mass is 16.7. The number of rotatable bonds is 10. The molecule has 0 aromatic heterocycles. The van der Waals surface area contributed by atoms with E-state index in [9.17, 15) is 9.59 Å². The lowest BCUT2D eigenvalue weighted by molar-refractivity contribution is -0.219. The van der Waals surface area contributed by atoms with Crippen molar-refractivity contribution < 1.29 is 19.2 Å². The molecule has 0 saturated carbocycles. The number of nitrogens with zero attached hydrogens (tertiary/aromatic N) is 1. The molecule has 3 rings (SSSR count). The predicted octanol–water partition coefficient (Wildman–Crippen LogP) is 5.57. The van der Waals surface area contributed by atoms with Crippen LogP contribution in [0.5, 0.6) is 0 Å². The summed E-state index contributed by atoms with van der Waals surface area (Å²) in [6.07, 6.45) is 1.20. The van der Waals surface area contributed by atoms with Crippen LogP contribution >= 0.6 is 0 Å². The molecular formula is C27H27NO4. The summed E-state index contributed by atoms with van der Waals surface area (Å²) in [6.45, 7) is 5.52. The van der Waals surface area contributed by atoms with Crippen LogP contribution in [0.25, 0.3) is 0 Å². The summed E-state index contributed by atoms with van der Waals surface area (Å²) in [6, 6.07) is 28.1. The summed E-state index contributed by atoms with van der Waals surface area (Å²) in [4.78, 5) is 30.9. The second-order valence-electron chi connectivity index (χ2n) is 7.32. The zero-order valence-electron chi connectivity index (χ0n) is 18.1. The second-order valence-corrected chi connectivity index (χ2v) is 7.32. The molecule has 5 nitrogen and oxygen atoms in total. The highest BCUT2D eigenvalue weighted by Crippen LogP contribution is 2.29. The number of esters is 1. The van der Waals surface area contributed by atoms with Crippen molar-refractivity contribution in [2.24, 2.45) is 0 Å². The molecule has 0 bridgehead atoms. The van der Waals surface area contributed by atoms with Crippen LogP contribution in [0.1, 0.15) is 42.2 Å². The third-order valence-corrected chi connectivity index (χ3v) is 4.91. The van der Waals surface area contributed by atoms with Crippen LogP contribution in [0.3, 0.4) is 0 Å². The molecule has 0 N–H and O–H groups in total. The van der Waals surface area contributed by atoms with Gasteiger partial charge in [-0.3, -0.25) is 4.79 Å². The van der Waals surface area contributed by atoms with Crippen LogP contribution in [-0.2, 0) is 25.7 Å². The molecule has 164 valence electrons. The van der Waals surface area contributed by atoms with Gasteiger partial charge in [0.05, 0.1) is 12.6 Å². The number of carbonyl (C=O) groups is 2. The van der Waals surface area contributed by atoms with E-state index >= 15 is 0 Å². The monoisotopic (exact) mass is 429 g/mol. The maximum atomic E-state index is 13.3. The molecule has 2 atom stereocenters. The maximum Gasteiger partial charge on any atom is 0.371 e. The van der Waals surface area contributed by atoms with E-state index in [2.05, 4.69) is 6.58 Å². The molecule has 1 unspecified atom stereocenters. The zero-order valence-corrected chi connectivity index (χ0v) is 18.1. The molecule has 0 amide bonds. The smallest absolute Gasteiger partial charge is 0.371 e. The Morgan fingerprint density at radius 3 is 1.94 bits per heavy atom. The number of hydroxylamine groups is 2. The standard InChI is InChI=1S/C27H27NO4/c1-3-13-25(23-16-9-5-10-17-23)28(20-22-14-7-4-8-15-22)32-27(30)26(31-21(2)29)24-18-11-6-12-19-24/h3-12,14-19,25-26H,1,13,20H2,2H3/t25?,26-/m1/s1. The van der Waals surface area contributed by atoms with E-state index in [-0.39, 0.29) is 6.04 Å². The minimum absolute atomic E-state index is 0.258. The van der Waals surface area contributed by atoms with E-state index < -0.39 is 18.0 Å². The van der Waals surface area contributed by atoms with Gasteiger partial charge in [-0.05, 0) is 17.5 Å². The van der Waals surface area contributed by atoms with E-state index in [1.54, 1.807) is 35.4 Å². The first-order chi connectivity index (χ1) is 15.6. The van der Waals surface area contributed by atoms with E-state index in [0.29, 0.717) is 18.5 Å². The predicted molar refractivity (Wildman–Crippen MR) is 123 cm³/mol. The molecule has 3 aromatic carbocycles. The third-order valence-electron chi connectivity index (χ3n) is 4.91. The number of hydrogen-bond donors (Lipinski definition) is 0. The Hall–Kier alpha value is -3.70. The van der Waals surface area contributed by atoms with Gasteiger partial charge >= 0.3 is 11.9 Å². The van der Waals surface area contributed by atoms with Crippen molar-refractivity contribution in [2.45, 2.75) is 32.0 Å². The van der Waals surface area contributed by atoms with Crippen LogP contribution in [0.4, 0.5) is 0 Å². The third kappa shape index (κ3) is 6.40. The Kier molecular flexibility index (Phi) is 8.35. The fourth-order valence-corrected chi connectivity index (χ4v) is 3.43. The summed E-state index contributed by atoms with van der Waals surface area (Å²) in [5.41, 5.74) is 2.52. The van der Waals surface area contributed by atoms with Gasteiger partial charge in [0, 0.05) is 12.5 Å². The van der Waals surface area contributed by atoms with Crippen molar-refractivity contribution in [1.82, 2.24) is 5.06 Å².